The van der Waals surface area contributed by atoms with Crippen molar-refractivity contribution in [1.29, 1.82) is 0 Å². The summed E-state index contributed by atoms with van der Waals surface area (Å²) in [5.74, 6) is -0.678. The first-order valence-electron chi connectivity index (χ1n) is 10.3. The van der Waals surface area contributed by atoms with Crippen molar-refractivity contribution in [3.63, 3.8) is 0 Å². The number of rotatable bonds is 4. The largest absolute Gasteiger partial charge is 0.368 e. The molecule has 2 N–H and O–H groups in total. The molecule has 3 fully saturated rings. The number of hydrogen-bond donors (Lipinski definition) is 1. The standard InChI is InChI=1S/C21H27ClN4O3/c22-15-4-6-16(7-5-15)26-18(27)14-17(19(26)28)24-12-8-21(9-13-24,20(23)29)25-10-2-1-3-11-25/h4-7,17H,1-3,8-14H2,(H2,23,29)/t17-/m1/s1. The van der Waals surface area contributed by atoms with Crippen molar-refractivity contribution in [3.05, 3.63) is 29.3 Å². The number of nitrogens with two attached hydrogens (primary N) is 1. The Labute approximate surface area is 175 Å². The molecule has 1 aromatic carbocycles. The monoisotopic (exact) mass is 418 g/mol. The van der Waals surface area contributed by atoms with Crippen LogP contribution in [0.2, 0.25) is 5.02 Å². The SMILES string of the molecule is NC(=O)C1(N2CCCCC2)CCN([C@@H]2CC(=O)N(c3ccc(Cl)cc3)C2=O)CC1. The highest BCUT2D eigenvalue weighted by Crippen LogP contribution is 2.34. The molecule has 156 valence electrons. The third kappa shape index (κ3) is 3.67. The summed E-state index contributed by atoms with van der Waals surface area (Å²) in [7, 11) is 0. The molecule has 0 radical (unpaired) electrons. The number of likely N-dealkylation sites (tertiary alicyclic amines) is 2. The molecule has 0 unspecified atom stereocenters. The van der Waals surface area contributed by atoms with Crippen LogP contribution in [-0.2, 0) is 14.4 Å². The lowest BCUT2D eigenvalue weighted by molar-refractivity contribution is -0.136. The molecule has 0 saturated carbocycles. The van der Waals surface area contributed by atoms with Gasteiger partial charge in [-0.2, -0.15) is 0 Å². The fourth-order valence-corrected chi connectivity index (χ4v) is 5.13. The Morgan fingerprint density at radius 2 is 1.62 bits per heavy atom. The zero-order valence-electron chi connectivity index (χ0n) is 16.5. The van der Waals surface area contributed by atoms with E-state index in [1.165, 1.54) is 11.3 Å². The number of piperidine rings is 2. The van der Waals surface area contributed by atoms with Gasteiger partial charge in [0, 0.05) is 18.1 Å². The van der Waals surface area contributed by atoms with Gasteiger partial charge in [-0.1, -0.05) is 18.0 Å². The van der Waals surface area contributed by atoms with Crippen molar-refractivity contribution in [2.45, 2.75) is 50.1 Å². The fraction of sp³-hybridized carbons (Fsp3) is 0.571. The Hall–Kier alpha value is -1.96. The highest BCUT2D eigenvalue weighted by Gasteiger charge is 2.49. The Bertz CT molecular complexity index is 799. The number of amides is 3. The Balaban J connectivity index is 1.47. The maximum Gasteiger partial charge on any atom is 0.251 e. The van der Waals surface area contributed by atoms with Crippen molar-refractivity contribution < 1.29 is 14.4 Å². The van der Waals surface area contributed by atoms with Gasteiger partial charge >= 0.3 is 0 Å². The third-order valence-electron chi connectivity index (χ3n) is 6.69. The van der Waals surface area contributed by atoms with E-state index in [1.54, 1.807) is 24.3 Å². The van der Waals surface area contributed by atoms with Gasteiger partial charge in [-0.15, -0.1) is 0 Å². The summed E-state index contributed by atoms with van der Waals surface area (Å²) in [5.41, 5.74) is 5.77. The first-order valence-corrected chi connectivity index (χ1v) is 10.7. The molecule has 3 amide bonds. The number of benzene rings is 1. The van der Waals surface area contributed by atoms with Crippen molar-refractivity contribution in [2.24, 2.45) is 5.73 Å². The summed E-state index contributed by atoms with van der Waals surface area (Å²) in [5, 5.41) is 0.556. The average molecular weight is 419 g/mol. The minimum Gasteiger partial charge on any atom is -0.368 e. The van der Waals surface area contributed by atoms with Gasteiger partial charge in [-0.25, -0.2) is 4.90 Å². The van der Waals surface area contributed by atoms with E-state index in [4.69, 9.17) is 17.3 Å². The zero-order chi connectivity index (χ0) is 20.6. The first-order chi connectivity index (χ1) is 13.9. The molecule has 0 spiro atoms. The smallest absolute Gasteiger partial charge is 0.251 e. The lowest BCUT2D eigenvalue weighted by atomic mass is 9.83. The third-order valence-corrected chi connectivity index (χ3v) is 6.95. The average Bonchev–Trinajstić information content (AvgIpc) is 3.03. The van der Waals surface area contributed by atoms with Gasteiger partial charge in [0.05, 0.1) is 18.2 Å². The van der Waals surface area contributed by atoms with E-state index in [2.05, 4.69) is 4.90 Å². The van der Waals surface area contributed by atoms with E-state index in [0.29, 0.717) is 36.6 Å². The molecule has 29 heavy (non-hydrogen) atoms. The maximum atomic E-state index is 13.0. The Morgan fingerprint density at radius 1 is 1.00 bits per heavy atom. The van der Waals surface area contributed by atoms with E-state index in [0.717, 1.165) is 25.9 Å². The topological polar surface area (TPSA) is 87.0 Å². The molecule has 7 nitrogen and oxygen atoms in total. The van der Waals surface area contributed by atoms with E-state index < -0.39 is 11.6 Å². The molecular weight excluding hydrogens is 392 g/mol. The highest BCUT2D eigenvalue weighted by molar-refractivity contribution is 6.30. The molecular formula is C21H27ClN4O3. The summed E-state index contributed by atoms with van der Waals surface area (Å²) in [6, 6.07) is 6.23. The van der Waals surface area contributed by atoms with Gasteiger partial charge in [0.2, 0.25) is 11.8 Å². The van der Waals surface area contributed by atoms with Gasteiger partial charge in [-0.3, -0.25) is 24.2 Å². The van der Waals surface area contributed by atoms with Gasteiger partial charge in [0.25, 0.3) is 5.91 Å². The van der Waals surface area contributed by atoms with Crippen LogP contribution in [0.3, 0.4) is 0 Å². The normalized spacial score (nSPS) is 26.1. The maximum absolute atomic E-state index is 13.0. The molecule has 3 aliphatic rings. The minimum atomic E-state index is -0.627. The second-order valence-corrected chi connectivity index (χ2v) is 8.68. The number of nitrogens with zero attached hydrogens (tertiary/aromatic N) is 3. The molecule has 8 heteroatoms. The second kappa shape index (κ2) is 8.05. The zero-order valence-corrected chi connectivity index (χ0v) is 17.2. The van der Waals surface area contributed by atoms with Crippen molar-refractivity contribution >= 4 is 35.0 Å². The quantitative estimate of drug-likeness (QED) is 0.753. The second-order valence-electron chi connectivity index (χ2n) is 8.24. The van der Waals surface area contributed by atoms with Crippen LogP contribution in [0.25, 0.3) is 0 Å². The van der Waals surface area contributed by atoms with Crippen molar-refractivity contribution in [1.82, 2.24) is 9.80 Å². The van der Waals surface area contributed by atoms with Crippen LogP contribution < -0.4 is 10.6 Å². The molecule has 1 aromatic rings. The highest BCUT2D eigenvalue weighted by atomic mass is 35.5. The van der Waals surface area contributed by atoms with Gasteiger partial charge < -0.3 is 5.73 Å². The number of carbonyl (C=O) groups excluding carboxylic acids is 3. The fourth-order valence-electron chi connectivity index (χ4n) is 5.01. The molecule has 3 aliphatic heterocycles. The summed E-state index contributed by atoms with van der Waals surface area (Å²) in [6.45, 7) is 2.96. The van der Waals surface area contributed by atoms with Crippen LogP contribution >= 0.6 is 11.6 Å². The molecule has 0 aromatic heterocycles. The van der Waals surface area contributed by atoms with E-state index in [9.17, 15) is 14.4 Å². The number of primary amides is 1. The van der Waals surface area contributed by atoms with Crippen LogP contribution in [0.15, 0.2) is 24.3 Å². The van der Waals surface area contributed by atoms with Crippen LogP contribution in [0.1, 0.15) is 38.5 Å². The summed E-state index contributed by atoms with van der Waals surface area (Å²) in [6.07, 6.45) is 4.72. The molecule has 0 aliphatic carbocycles. The molecule has 3 saturated heterocycles. The lowest BCUT2D eigenvalue weighted by Crippen LogP contribution is -2.64. The number of carbonyl (C=O) groups is 3. The van der Waals surface area contributed by atoms with Crippen LogP contribution in [0.4, 0.5) is 5.69 Å². The summed E-state index contributed by atoms with van der Waals surface area (Å²) < 4.78 is 0. The van der Waals surface area contributed by atoms with Gasteiger partial charge in [-0.05, 0) is 63.0 Å². The number of anilines is 1. The van der Waals surface area contributed by atoms with E-state index in [-0.39, 0.29) is 24.1 Å². The van der Waals surface area contributed by atoms with E-state index >= 15 is 0 Å². The van der Waals surface area contributed by atoms with Crippen LogP contribution in [-0.4, -0.2) is 65.3 Å². The predicted octanol–water partition coefficient (Wildman–Crippen LogP) is 1.78. The molecule has 4 rings (SSSR count). The Kier molecular flexibility index (Phi) is 5.64. The van der Waals surface area contributed by atoms with Crippen LogP contribution in [0.5, 0.6) is 0 Å². The molecule has 3 heterocycles. The van der Waals surface area contributed by atoms with Crippen LogP contribution in [0, 0.1) is 0 Å². The van der Waals surface area contributed by atoms with E-state index in [1.807, 2.05) is 4.90 Å². The number of hydrogen-bond acceptors (Lipinski definition) is 5. The Morgan fingerprint density at radius 3 is 2.21 bits per heavy atom. The van der Waals surface area contributed by atoms with Crippen molar-refractivity contribution in [2.75, 3.05) is 31.1 Å². The summed E-state index contributed by atoms with van der Waals surface area (Å²) >= 11 is 5.92. The number of imide groups is 1. The minimum absolute atomic E-state index is 0.161. The predicted molar refractivity (Wildman–Crippen MR) is 111 cm³/mol. The summed E-state index contributed by atoms with van der Waals surface area (Å²) in [4.78, 5) is 43.5. The first kappa shape index (κ1) is 20.3. The van der Waals surface area contributed by atoms with Gasteiger partial charge in [0.1, 0.15) is 5.54 Å². The lowest BCUT2D eigenvalue weighted by Gasteiger charge is -2.48. The van der Waals surface area contributed by atoms with Crippen molar-refractivity contribution in [3.8, 4) is 0 Å². The number of halogens is 1. The molecule has 0 bridgehead atoms. The molecule has 1 atom stereocenters. The van der Waals surface area contributed by atoms with Gasteiger partial charge in [0.15, 0.2) is 0 Å².